The van der Waals surface area contributed by atoms with Gasteiger partial charge in [-0.15, -0.1) is 0 Å². The van der Waals surface area contributed by atoms with Gasteiger partial charge < -0.3 is 19.5 Å². The maximum absolute atomic E-state index is 10.8. The molecule has 1 N–H and O–H groups in total. The van der Waals surface area contributed by atoms with Crippen LogP contribution in [-0.4, -0.2) is 46.7 Å². The zero-order valence-corrected chi connectivity index (χ0v) is 8.17. The van der Waals surface area contributed by atoms with Crippen LogP contribution in [0.2, 0.25) is 0 Å². The number of hydrogen-bond acceptors (Lipinski definition) is 5. The Morgan fingerprint density at radius 3 is 2.54 bits per heavy atom. The molecule has 13 heavy (non-hydrogen) atoms. The molecule has 0 rings (SSSR count). The molecule has 0 amide bonds. The topological polar surface area (TPSA) is 56.8 Å². The Morgan fingerprint density at radius 2 is 1.92 bits per heavy atom. The second kappa shape index (κ2) is 9.28. The molecule has 0 atom stereocenters. The van der Waals surface area contributed by atoms with Gasteiger partial charge in [-0.05, 0) is 7.05 Å². The van der Waals surface area contributed by atoms with Crippen LogP contribution < -0.4 is 5.32 Å². The van der Waals surface area contributed by atoms with Gasteiger partial charge in [0.15, 0.2) is 0 Å². The molecule has 0 aliphatic rings. The second-order valence-corrected chi connectivity index (χ2v) is 2.40. The Hall–Kier alpha value is -0.810. The molecule has 5 heteroatoms. The van der Waals surface area contributed by atoms with E-state index in [2.05, 4.69) is 5.32 Å². The highest BCUT2D eigenvalue weighted by atomic mass is 16.7. The number of likely N-dealkylation sites (N-methyl/N-ethyl adjacent to an activating group) is 1. The molecule has 78 valence electrons. The van der Waals surface area contributed by atoms with E-state index in [9.17, 15) is 4.79 Å². The zero-order valence-electron chi connectivity index (χ0n) is 8.17. The molecule has 5 nitrogen and oxygen atoms in total. The molecule has 0 aliphatic heterocycles. The van der Waals surface area contributed by atoms with Gasteiger partial charge in [0.05, 0.1) is 6.61 Å². The molecule has 0 radical (unpaired) electrons. The van der Waals surface area contributed by atoms with Crippen molar-refractivity contribution in [1.82, 2.24) is 5.32 Å². The summed E-state index contributed by atoms with van der Waals surface area (Å²) in [5.74, 6) is 0. The average Bonchev–Trinajstić information content (AvgIpc) is 2.13. The molecular weight excluding hydrogens is 174 g/mol. The number of ether oxygens (including phenoxy) is 3. The standard InChI is InChI=1S/C8H17NO4/c1-9-4-7-13-8(10)12-6-3-5-11-2/h9H,3-7H2,1-2H3. The second-order valence-electron chi connectivity index (χ2n) is 2.40. The summed E-state index contributed by atoms with van der Waals surface area (Å²) in [7, 11) is 3.39. The predicted octanol–water partition coefficient (Wildman–Crippen LogP) is 0.395. The molecule has 0 bridgehead atoms. The lowest BCUT2D eigenvalue weighted by Gasteiger charge is -2.05. The number of hydrogen-bond donors (Lipinski definition) is 1. The van der Waals surface area contributed by atoms with Crippen molar-refractivity contribution in [3.8, 4) is 0 Å². The van der Waals surface area contributed by atoms with E-state index < -0.39 is 6.16 Å². The van der Waals surface area contributed by atoms with Crippen molar-refractivity contribution in [2.24, 2.45) is 0 Å². The first-order valence-electron chi connectivity index (χ1n) is 4.24. The summed E-state index contributed by atoms with van der Waals surface area (Å²) >= 11 is 0. The molecule has 0 aromatic heterocycles. The Kier molecular flexibility index (Phi) is 8.70. The van der Waals surface area contributed by atoms with Crippen LogP contribution >= 0.6 is 0 Å². The zero-order chi connectivity index (χ0) is 9.94. The van der Waals surface area contributed by atoms with Crippen LogP contribution in [0.25, 0.3) is 0 Å². The van der Waals surface area contributed by atoms with Gasteiger partial charge in [0.25, 0.3) is 0 Å². The highest BCUT2D eigenvalue weighted by molar-refractivity contribution is 5.59. The van der Waals surface area contributed by atoms with E-state index >= 15 is 0 Å². The minimum Gasteiger partial charge on any atom is -0.434 e. The van der Waals surface area contributed by atoms with E-state index in [0.717, 1.165) is 0 Å². The fourth-order valence-corrected chi connectivity index (χ4v) is 0.637. The average molecular weight is 191 g/mol. The maximum atomic E-state index is 10.8. The fraction of sp³-hybridized carbons (Fsp3) is 0.875. The molecular formula is C8H17NO4. The SMILES string of the molecule is CNCCOC(=O)OCCCOC. The Balaban J connectivity index is 3.11. The predicted molar refractivity (Wildman–Crippen MR) is 47.7 cm³/mol. The largest absolute Gasteiger partial charge is 0.508 e. The summed E-state index contributed by atoms with van der Waals surface area (Å²) in [4.78, 5) is 10.8. The van der Waals surface area contributed by atoms with Crippen LogP contribution in [-0.2, 0) is 14.2 Å². The Labute approximate surface area is 78.3 Å². The normalized spacial score (nSPS) is 9.69. The fourth-order valence-electron chi connectivity index (χ4n) is 0.637. The molecule has 0 spiro atoms. The third kappa shape index (κ3) is 9.10. The van der Waals surface area contributed by atoms with Crippen LogP contribution in [0.5, 0.6) is 0 Å². The highest BCUT2D eigenvalue weighted by Crippen LogP contribution is 1.88. The van der Waals surface area contributed by atoms with Gasteiger partial charge in [-0.1, -0.05) is 0 Å². The number of carbonyl (C=O) groups is 1. The summed E-state index contributed by atoms with van der Waals surface area (Å²) in [6.07, 6.45) is 0.0730. The van der Waals surface area contributed by atoms with Crippen molar-refractivity contribution in [3.63, 3.8) is 0 Å². The van der Waals surface area contributed by atoms with Crippen LogP contribution in [0.1, 0.15) is 6.42 Å². The van der Waals surface area contributed by atoms with Crippen molar-refractivity contribution in [2.75, 3.05) is 40.5 Å². The number of nitrogens with one attached hydrogen (secondary N) is 1. The third-order valence-electron chi connectivity index (χ3n) is 1.28. The minimum atomic E-state index is -0.619. The van der Waals surface area contributed by atoms with Gasteiger partial charge in [-0.25, -0.2) is 4.79 Å². The van der Waals surface area contributed by atoms with E-state index in [1.165, 1.54) is 0 Å². The molecule has 0 saturated carbocycles. The van der Waals surface area contributed by atoms with Crippen molar-refractivity contribution in [2.45, 2.75) is 6.42 Å². The van der Waals surface area contributed by atoms with Crippen molar-refractivity contribution in [1.29, 1.82) is 0 Å². The first-order valence-corrected chi connectivity index (χ1v) is 4.24. The van der Waals surface area contributed by atoms with Crippen molar-refractivity contribution < 1.29 is 19.0 Å². The number of carbonyl (C=O) groups excluding carboxylic acids is 1. The maximum Gasteiger partial charge on any atom is 0.508 e. The smallest absolute Gasteiger partial charge is 0.434 e. The van der Waals surface area contributed by atoms with E-state index in [0.29, 0.717) is 32.8 Å². The van der Waals surface area contributed by atoms with E-state index in [4.69, 9.17) is 14.2 Å². The van der Waals surface area contributed by atoms with Gasteiger partial charge in [0.2, 0.25) is 0 Å². The first kappa shape index (κ1) is 12.2. The van der Waals surface area contributed by atoms with Crippen LogP contribution in [0.15, 0.2) is 0 Å². The Morgan fingerprint density at radius 1 is 1.23 bits per heavy atom. The lowest BCUT2D eigenvalue weighted by molar-refractivity contribution is 0.0499. The molecule has 0 unspecified atom stereocenters. The number of rotatable bonds is 7. The molecule has 0 aromatic carbocycles. The monoisotopic (exact) mass is 191 g/mol. The quantitative estimate of drug-likeness (QED) is 0.466. The molecule has 0 heterocycles. The van der Waals surface area contributed by atoms with Crippen LogP contribution in [0, 0.1) is 0 Å². The van der Waals surface area contributed by atoms with Gasteiger partial charge in [0, 0.05) is 26.7 Å². The minimum absolute atomic E-state index is 0.333. The van der Waals surface area contributed by atoms with Gasteiger partial charge in [0.1, 0.15) is 6.61 Å². The van der Waals surface area contributed by atoms with Crippen LogP contribution in [0.4, 0.5) is 4.79 Å². The first-order chi connectivity index (χ1) is 6.31. The molecule has 0 fully saturated rings. The van der Waals surface area contributed by atoms with Crippen LogP contribution in [0.3, 0.4) is 0 Å². The molecule has 0 aliphatic carbocycles. The molecule has 0 aromatic rings. The highest BCUT2D eigenvalue weighted by Gasteiger charge is 2.01. The van der Waals surface area contributed by atoms with Crippen molar-refractivity contribution >= 4 is 6.16 Å². The van der Waals surface area contributed by atoms with E-state index in [-0.39, 0.29) is 0 Å². The summed E-state index contributed by atoms with van der Waals surface area (Å²) in [5.41, 5.74) is 0. The van der Waals surface area contributed by atoms with Gasteiger partial charge >= 0.3 is 6.16 Å². The molecule has 0 saturated heterocycles. The lowest BCUT2D eigenvalue weighted by atomic mass is 10.5. The van der Waals surface area contributed by atoms with Gasteiger partial charge in [-0.2, -0.15) is 0 Å². The number of methoxy groups -OCH3 is 1. The van der Waals surface area contributed by atoms with E-state index in [1.54, 1.807) is 14.2 Å². The lowest BCUT2D eigenvalue weighted by Crippen LogP contribution is -2.18. The summed E-state index contributed by atoms with van der Waals surface area (Å²) < 4.78 is 14.2. The summed E-state index contributed by atoms with van der Waals surface area (Å²) in [6, 6.07) is 0. The Bertz CT molecular complexity index is 129. The summed E-state index contributed by atoms with van der Waals surface area (Å²) in [6.45, 7) is 1.89. The van der Waals surface area contributed by atoms with E-state index in [1.807, 2.05) is 0 Å². The van der Waals surface area contributed by atoms with Gasteiger partial charge in [-0.3, -0.25) is 0 Å². The summed E-state index contributed by atoms with van der Waals surface area (Å²) in [5, 5.41) is 2.85. The van der Waals surface area contributed by atoms with Crippen molar-refractivity contribution in [3.05, 3.63) is 0 Å². The third-order valence-corrected chi connectivity index (χ3v) is 1.28.